The van der Waals surface area contributed by atoms with Crippen molar-refractivity contribution in [3.63, 3.8) is 0 Å². The van der Waals surface area contributed by atoms with Crippen LogP contribution in [-0.2, 0) is 0 Å². The summed E-state index contributed by atoms with van der Waals surface area (Å²) in [6.45, 7) is 4.44. The van der Waals surface area contributed by atoms with E-state index in [1.54, 1.807) is 0 Å². The summed E-state index contributed by atoms with van der Waals surface area (Å²) in [4.78, 5) is 6.90. The molecule has 2 rings (SSSR count). The summed E-state index contributed by atoms with van der Waals surface area (Å²) in [5.41, 5.74) is 1.28. The van der Waals surface area contributed by atoms with Gasteiger partial charge in [-0.15, -0.1) is 0 Å². The van der Waals surface area contributed by atoms with Crippen LogP contribution in [0.3, 0.4) is 0 Å². The van der Waals surface area contributed by atoms with E-state index in [9.17, 15) is 0 Å². The van der Waals surface area contributed by atoms with Gasteiger partial charge in [-0.1, -0.05) is 22.0 Å². The van der Waals surface area contributed by atoms with Crippen LogP contribution in [0.25, 0.3) is 0 Å². The largest absolute Gasteiger partial charge is 0.356 e. The minimum Gasteiger partial charge on any atom is -0.356 e. The molecule has 0 saturated carbocycles. The molecule has 1 aliphatic rings. The number of aromatic nitrogens is 1. The highest BCUT2D eigenvalue weighted by Gasteiger charge is 2.20. The molecule has 1 fully saturated rings. The summed E-state index contributed by atoms with van der Waals surface area (Å²) in [5.74, 6) is 1.95. The van der Waals surface area contributed by atoms with Crippen molar-refractivity contribution in [3.8, 4) is 0 Å². The zero-order chi connectivity index (χ0) is 10.7. The molecule has 1 unspecified atom stereocenters. The van der Waals surface area contributed by atoms with E-state index in [2.05, 4.69) is 38.8 Å². The van der Waals surface area contributed by atoms with E-state index in [0.717, 1.165) is 24.3 Å². The molecule has 82 valence electrons. The summed E-state index contributed by atoms with van der Waals surface area (Å²) < 4.78 is 0. The number of piperidine rings is 1. The molecule has 0 aromatic carbocycles. The molecule has 1 aromatic rings. The van der Waals surface area contributed by atoms with Crippen LogP contribution >= 0.6 is 15.9 Å². The van der Waals surface area contributed by atoms with Gasteiger partial charge < -0.3 is 4.90 Å². The van der Waals surface area contributed by atoms with E-state index in [1.165, 1.54) is 24.2 Å². The van der Waals surface area contributed by atoms with Crippen LogP contribution < -0.4 is 4.90 Å². The van der Waals surface area contributed by atoms with Crippen molar-refractivity contribution in [2.45, 2.75) is 19.8 Å². The van der Waals surface area contributed by atoms with Crippen molar-refractivity contribution in [1.82, 2.24) is 4.98 Å². The minimum atomic E-state index is 0.778. The maximum absolute atomic E-state index is 4.48. The van der Waals surface area contributed by atoms with Gasteiger partial charge in [-0.05, 0) is 37.3 Å². The van der Waals surface area contributed by atoms with Crippen molar-refractivity contribution in [1.29, 1.82) is 0 Å². The lowest BCUT2D eigenvalue weighted by molar-refractivity contribution is 0.452. The summed E-state index contributed by atoms with van der Waals surface area (Å²) in [5, 5.41) is 1.11. The predicted molar refractivity (Wildman–Crippen MR) is 67.7 cm³/mol. The van der Waals surface area contributed by atoms with E-state index in [-0.39, 0.29) is 0 Å². The predicted octanol–water partition coefficient (Wildman–Crippen LogP) is 3.00. The van der Waals surface area contributed by atoms with Gasteiger partial charge in [0.15, 0.2) is 0 Å². The van der Waals surface area contributed by atoms with Crippen molar-refractivity contribution < 1.29 is 0 Å². The molecule has 1 aliphatic heterocycles. The topological polar surface area (TPSA) is 16.1 Å². The molecule has 0 amide bonds. The third kappa shape index (κ3) is 2.51. The number of pyridine rings is 1. The minimum absolute atomic E-state index is 0.778. The fourth-order valence-electron chi connectivity index (χ4n) is 2.19. The lowest BCUT2D eigenvalue weighted by Crippen LogP contribution is -2.36. The fourth-order valence-corrected chi connectivity index (χ4v) is 2.72. The number of nitrogens with zero attached hydrogens (tertiary/aromatic N) is 2. The standard InChI is InChI=1S/C12H17BrN2/c1-10-4-2-6-14-12(10)15-7-3-5-11(8-13)9-15/h2,4,6,11H,3,5,7-9H2,1H3. The Labute approximate surface area is 99.8 Å². The number of anilines is 1. The second kappa shape index (κ2) is 4.97. The summed E-state index contributed by atoms with van der Waals surface area (Å²) >= 11 is 3.58. The molecule has 1 atom stereocenters. The molecule has 0 bridgehead atoms. The quantitative estimate of drug-likeness (QED) is 0.767. The molecular formula is C12H17BrN2. The lowest BCUT2D eigenvalue weighted by atomic mass is 10.00. The van der Waals surface area contributed by atoms with Crippen molar-refractivity contribution in [2.24, 2.45) is 5.92 Å². The molecule has 1 aromatic heterocycles. The van der Waals surface area contributed by atoms with Gasteiger partial charge in [0.25, 0.3) is 0 Å². The normalized spacial score (nSPS) is 21.7. The van der Waals surface area contributed by atoms with Crippen LogP contribution in [0.2, 0.25) is 0 Å². The number of halogens is 1. The first kappa shape index (κ1) is 10.9. The highest BCUT2D eigenvalue weighted by molar-refractivity contribution is 9.09. The summed E-state index contributed by atoms with van der Waals surface area (Å²) in [7, 11) is 0. The maximum atomic E-state index is 4.48. The Bertz CT molecular complexity index is 327. The van der Waals surface area contributed by atoms with E-state index in [4.69, 9.17) is 0 Å². The van der Waals surface area contributed by atoms with E-state index < -0.39 is 0 Å². The molecule has 0 aliphatic carbocycles. The Hall–Kier alpha value is -0.570. The highest BCUT2D eigenvalue weighted by Crippen LogP contribution is 2.24. The summed E-state index contributed by atoms with van der Waals surface area (Å²) in [6.07, 6.45) is 4.51. The van der Waals surface area contributed by atoms with Crippen molar-refractivity contribution in [2.75, 3.05) is 23.3 Å². The molecule has 1 saturated heterocycles. The zero-order valence-corrected chi connectivity index (χ0v) is 10.7. The van der Waals surface area contributed by atoms with Crippen LogP contribution in [0.15, 0.2) is 18.3 Å². The number of aryl methyl sites for hydroxylation is 1. The van der Waals surface area contributed by atoms with Gasteiger partial charge in [0, 0.05) is 24.6 Å². The molecule has 15 heavy (non-hydrogen) atoms. The van der Waals surface area contributed by atoms with Crippen LogP contribution in [-0.4, -0.2) is 23.4 Å². The van der Waals surface area contributed by atoms with Gasteiger partial charge in [0.2, 0.25) is 0 Å². The van der Waals surface area contributed by atoms with Crippen molar-refractivity contribution >= 4 is 21.7 Å². The first-order valence-corrected chi connectivity index (χ1v) is 6.66. The average Bonchev–Trinajstić information content (AvgIpc) is 2.30. The number of hydrogen-bond donors (Lipinski definition) is 0. The lowest BCUT2D eigenvalue weighted by Gasteiger charge is -2.33. The molecule has 3 heteroatoms. The van der Waals surface area contributed by atoms with Gasteiger partial charge in [0.1, 0.15) is 5.82 Å². The van der Waals surface area contributed by atoms with Gasteiger partial charge in [-0.3, -0.25) is 0 Å². The maximum Gasteiger partial charge on any atom is 0.131 e. The van der Waals surface area contributed by atoms with Gasteiger partial charge in [-0.2, -0.15) is 0 Å². The molecule has 0 N–H and O–H groups in total. The summed E-state index contributed by atoms with van der Waals surface area (Å²) in [6, 6.07) is 4.14. The van der Waals surface area contributed by atoms with Crippen LogP contribution in [0, 0.1) is 12.8 Å². The van der Waals surface area contributed by atoms with Gasteiger partial charge in [-0.25, -0.2) is 4.98 Å². The number of hydrogen-bond acceptors (Lipinski definition) is 2. The zero-order valence-electron chi connectivity index (χ0n) is 9.12. The molecule has 2 heterocycles. The molecule has 2 nitrogen and oxygen atoms in total. The fraction of sp³-hybridized carbons (Fsp3) is 0.583. The third-order valence-corrected chi connectivity index (χ3v) is 3.93. The van der Waals surface area contributed by atoms with Crippen LogP contribution in [0.1, 0.15) is 18.4 Å². The van der Waals surface area contributed by atoms with Crippen LogP contribution in [0.5, 0.6) is 0 Å². The Kier molecular flexibility index (Phi) is 3.62. The van der Waals surface area contributed by atoms with Crippen molar-refractivity contribution in [3.05, 3.63) is 23.9 Å². The second-order valence-corrected chi connectivity index (χ2v) is 4.90. The SMILES string of the molecule is Cc1cccnc1N1CCCC(CBr)C1. The second-order valence-electron chi connectivity index (χ2n) is 4.25. The Morgan fingerprint density at radius 1 is 1.60 bits per heavy atom. The first-order valence-electron chi connectivity index (χ1n) is 5.54. The Morgan fingerprint density at radius 3 is 3.20 bits per heavy atom. The Morgan fingerprint density at radius 2 is 2.47 bits per heavy atom. The third-order valence-electron chi connectivity index (χ3n) is 3.02. The van der Waals surface area contributed by atoms with Crippen LogP contribution in [0.4, 0.5) is 5.82 Å². The monoisotopic (exact) mass is 268 g/mol. The highest BCUT2D eigenvalue weighted by atomic mass is 79.9. The number of alkyl halides is 1. The molecule has 0 radical (unpaired) electrons. The van der Waals surface area contributed by atoms with E-state index >= 15 is 0 Å². The van der Waals surface area contributed by atoms with E-state index in [0.29, 0.717) is 0 Å². The van der Waals surface area contributed by atoms with Gasteiger partial charge >= 0.3 is 0 Å². The molecular weight excluding hydrogens is 252 g/mol. The number of rotatable bonds is 2. The smallest absolute Gasteiger partial charge is 0.131 e. The average molecular weight is 269 g/mol. The first-order chi connectivity index (χ1) is 7.31. The molecule has 0 spiro atoms. The van der Waals surface area contributed by atoms with E-state index in [1.807, 2.05) is 12.3 Å². The Balaban J connectivity index is 2.13. The van der Waals surface area contributed by atoms with Gasteiger partial charge in [0.05, 0.1) is 0 Å².